The number of carbonyl (C=O) groups is 1. The average Bonchev–Trinajstić information content (AvgIpc) is 2.31. The topological polar surface area (TPSA) is 46.5 Å². The zero-order valence-electron chi connectivity index (χ0n) is 8.79. The molecule has 0 aliphatic carbocycles. The van der Waals surface area contributed by atoms with Crippen molar-refractivity contribution in [3.63, 3.8) is 0 Å². The van der Waals surface area contributed by atoms with E-state index in [1.54, 1.807) is 6.07 Å². The van der Waals surface area contributed by atoms with Gasteiger partial charge >= 0.3 is 5.97 Å². The van der Waals surface area contributed by atoms with E-state index in [2.05, 4.69) is 16.6 Å². The lowest BCUT2D eigenvalue weighted by atomic mass is 10.1. The van der Waals surface area contributed by atoms with E-state index < -0.39 is 11.8 Å². The predicted molar refractivity (Wildman–Crippen MR) is 55.8 cm³/mol. The fourth-order valence-electron chi connectivity index (χ4n) is 1.08. The zero-order chi connectivity index (χ0) is 12.0. The van der Waals surface area contributed by atoms with Crippen molar-refractivity contribution in [2.24, 2.45) is 0 Å². The van der Waals surface area contributed by atoms with Crippen molar-refractivity contribution in [1.29, 1.82) is 0 Å². The molecule has 4 heteroatoms. The van der Waals surface area contributed by atoms with Crippen molar-refractivity contribution < 1.29 is 19.0 Å². The van der Waals surface area contributed by atoms with Gasteiger partial charge < -0.3 is 9.84 Å². The minimum atomic E-state index is -0.553. The number of hydrogen-bond donors (Lipinski definition) is 1. The Morgan fingerprint density at radius 1 is 1.56 bits per heavy atom. The van der Waals surface area contributed by atoms with Crippen LogP contribution >= 0.6 is 0 Å². The number of halogens is 1. The van der Waals surface area contributed by atoms with Gasteiger partial charge in [0.15, 0.2) is 0 Å². The third-order valence-electron chi connectivity index (χ3n) is 1.93. The molecule has 3 nitrogen and oxygen atoms in total. The van der Waals surface area contributed by atoms with Gasteiger partial charge in [-0.1, -0.05) is 24.0 Å². The van der Waals surface area contributed by atoms with Gasteiger partial charge in [0.2, 0.25) is 0 Å². The van der Waals surface area contributed by atoms with E-state index in [1.165, 1.54) is 19.2 Å². The van der Waals surface area contributed by atoms with Gasteiger partial charge in [0.1, 0.15) is 12.2 Å². The van der Waals surface area contributed by atoms with Crippen LogP contribution in [0.2, 0.25) is 0 Å². The first-order valence-electron chi connectivity index (χ1n) is 4.63. The number of carbonyl (C=O) groups excluding carboxylic acids is 1. The molecule has 1 aromatic rings. The summed E-state index contributed by atoms with van der Waals surface area (Å²) in [6.07, 6.45) is -0.0840. The van der Waals surface area contributed by atoms with Crippen LogP contribution in [0.25, 0.3) is 0 Å². The fourth-order valence-corrected chi connectivity index (χ4v) is 1.08. The van der Waals surface area contributed by atoms with Gasteiger partial charge in [-0.2, -0.15) is 0 Å². The number of methoxy groups -OCH3 is 1. The molecule has 0 aromatic heterocycles. The highest BCUT2D eigenvalue weighted by Gasteiger charge is 2.04. The minimum Gasteiger partial charge on any atom is -0.468 e. The number of ether oxygens (including phenoxy) is 1. The highest BCUT2D eigenvalue weighted by atomic mass is 19.1. The lowest BCUT2D eigenvalue weighted by Crippen LogP contribution is -1.97. The monoisotopic (exact) mass is 222 g/mol. The third-order valence-corrected chi connectivity index (χ3v) is 1.93. The summed E-state index contributed by atoms with van der Waals surface area (Å²) >= 11 is 0. The van der Waals surface area contributed by atoms with Crippen LogP contribution in [0.1, 0.15) is 17.5 Å². The molecule has 0 spiro atoms. The van der Waals surface area contributed by atoms with Gasteiger partial charge in [-0.05, 0) is 6.07 Å². The van der Waals surface area contributed by atoms with E-state index in [0.717, 1.165) is 0 Å². The van der Waals surface area contributed by atoms with Gasteiger partial charge in [-0.3, -0.25) is 4.79 Å². The van der Waals surface area contributed by atoms with E-state index >= 15 is 0 Å². The molecule has 0 aliphatic rings. The highest BCUT2D eigenvalue weighted by molar-refractivity contribution is 5.72. The standard InChI is InChI=1S/C12H11FO3/c1-16-11(15)7-3-5-9-4-2-6-10(8-14)12(9)13/h2,4,6,14H,7-8H2,1H3. The quantitative estimate of drug-likeness (QED) is 0.604. The predicted octanol–water partition coefficient (Wildman–Crippen LogP) is 1.23. The van der Waals surface area contributed by atoms with E-state index in [1.807, 2.05) is 0 Å². The summed E-state index contributed by atoms with van der Waals surface area (Å²) in [4.78, 5) is 10.8. The Kier molecular flexibility index (Phi) is 4.49. The summed E-state index contributed by atoms with van der Waals surface area (Å²) in [5.74, 6) is 3.99. The molecule has 84 valence electrons. The molecule has 0 saturated carbocycles. The van der Waals surface area contributed by atoms with Crippen molar-refractivity contribution in [2.75, 3.05) is 7.11 Å². The first-order chi connectivity index (χ1) is 7.69. The Bertz CT molecular complexity index is 443. The molecular formula is C12H11FO3. The molecule has 0 fully saturated rings. The van der Waals surface area contributed by atoms with Crippen LogP contribution in [-0.2, 0) is 16.1 Å². The van der Waals surface area contributed by atoms with E-state index in [9.17, 15) is 9.18 Å². The lowest BCUT2D eigenvalue weighted by molar-refractivity contribution is -0.139. The van der Waals surface area contributed by atoms with E-state index in [-0.39, 0.29) is 24.2 Å². The number of benzene rings is 1. The SMILES string of the molecule is COC(=O)CC#Cc1cccc(CO)c1F. The van der Waals surface area contributed by atoms with Crippen LogP contribution in [-0.4, -0.2) is 18.2 Å². The molecule has 1 aromatic carbocycles. The molecule has 0 bridgehead atoms. The van der Waals surface area contributed by atoms with E-state index in [4.69, 9.17) is 5.11 Å². The second kappa shape index (κ2) is 5.89. The molecule has 0 saturated heterocycles. The lowest BCUT2D eigenvalue weighted by Gasteiger charge is -1.99. The van der Waals surface area contributed by atoms with Gasteiger partial charge in [0, 0.05) is 5.56 Å². The van der Waals surface area contributed by atoms with Crippen LogP contribution in [0.4, 0.5) is 4.39 Å². The molecule has 0 heterocycles. The first kappa shape index (κ1) is 12.2. The maximum Gasteiger partial charge on any atom is 0.317 e. The van der Waals surface area contributed by atoms with Crippen molar-refractivity contribution in [2.45, 2.75) is 13.0 Å². The Morgan fingerprint density at radius 2 is 2.31 bits per heavy atom. The van der Waals surface area contributed by atoms with Gasteiger partial charge in [-0.25, -0.2) is 4.39 Å². The second-order valence-electron chi connectivity index (χ2n) is 2.99. The van der Waals surface area contributed by atoms with Gasteiger partial charge in [-0.15, -0.1) is 0 Å². The third kappa shape index (κ3) is 3.07. The number of aliphatic hydroxyl groups excluding tert-OH is 1. The fraction of sp³-hybridized carbons (Fsp3) is 0.250. The maximum atomic E-state index is 13.5. The van der Waals surface area contributed by atoms with Crippen molar-refractivity contribution in [3.05, 3.63) is 35.1 Å². The van der Waals surface area contributed by atoms with Crippen LogP contribution in [0.15, 0.2) is 18.2 Å². The number of esters is 1. The summed E-state index contributed by atoms with van der Waals surface area (Å²) < 4.78 is 17.9. The van der Waals surface area contributed by atoms with Crippen LogP contribution in [0.3, 0.4) is 0 Å². The smallest absolute Gasteiger partial charge is 0.317 e. The molecule has 0 aliphatic heterocycles. The van der Waals surface area contributed by atoms with Crippen molar-refractivity contribution in [1.82, 2.24) is 0 Å². The number of aliphatic hydroxyl groups is 1. The van der Waals surface area contributed by atoms with Crippen LogP contribution in [0, 0.1) is 17.7 Å². The summed E-state index contributed by atoms with van der Waals surface area (Å²) in [5.41, 5.74) is 0.348. The maximum absolute atomic E-state index is 13.5. The Morgan fingerprint density at radius 3 is 2.94 bits per heavy atom. The zero-order valence-corrected chi connectivity index (χ0v) is 8.79. The molecule has 1 N–H and O–H groups in total. The molecule has 16 heavy (non-hydrogen) atoms. The molecule has 0 radical (unpaired) electrons. The van der Waals surface area contributed by atoms with Crippen LogP contribution < -0.4 is 0 Å². The number of rotatable bonds is 2. The second-order valence-corrected chi connectivity index (χ2v) is 2.99. The normalized spacial score (nSPS) is 9.19. The molecule has 0 amide bonds. The first-order valence-corrected chi connectivity index (χ1v) is 4.63. The molecule has 0 unspecified atom stereocenters. The number of hydrogen-bond acceptors (Lipinski definition) is 3. The Labute approximate surface area is 92.9 Å². The minimum absolute atomic E-state index is 0.0840. The highest BCUT2D eigenvalue weighted by Crippen LogP contribution is 2.11. The van der Waals surface area contributed by atoms with Gasteiger partial charge in [0.25, 0.3) is 0 Å². The Hall–Kier alpha value is -1.86. The van der Waals surface area contributed by atoms with Crippen molar-refractivity contribution >= 4 is 5.97 Å². The van der Waals surface area contributed by atoms with Gasteiger partial charge in [0.05, 0.1) is 19.3 Å². The summed E-state index contributed by atoms with van der Waals surface area (Å²) in [6.45, 7) is -0.377. The summed E-state index contributed by atoms with van der Waals surface area (Å²) in [6, 6.07) is 4.55. The molecular weight excluding hydrogens is 211 g/mol. The van der Waals surface area contributed by atoms with Crippen molar-refractivity contribution in [3.8, 4) is 11.8 Å². The van der Waals surface area contributed by atoms with Crippen LogP contribution in [0.5, 0.6) is 0 Å². The van der Waals surface area contributed by atoms with E-state index in [0.29, 0.717) is 0 Å². The Balaban J connectivity index is 2.85. The summed E-state index contributed by atoms with van der Waals surface area (Å²) in [5, 5.41) is 8.83. The summed E-state index contributed by atoms with van der Waals surface area (Å²) in [7, 11) is 1.26. The largest absolute Gasteiger partial charge is 0.468 e. The molecule has 0 atom stereocenters. The molecule has 1 rings (SSSR count). The average molecular weight is 222 g/mol.